The van der Waals surface area contributed by atoms with Crippen molar-refractivity contribution in [1.29, 1.82) is 0 Å². The summed E-state index contributed by atoms with van der Waals surface area (Å²) < 4.78 is 16.5. The van der Waals surface area contributed by atoms with E-state index < -0.39 is 5.41 Å². The average Bonchev–Trinajstić information content (AvgIpc) is 2.38. The average molecular weight is 346 g/mol. The number of benzene rings is 1. The number of halogens is 1. The van der Waals surface area contributed by atoms with Crippen molar-refractivity contribution in [2.75, 3.05) is 26.6 Å². The van der Waals surface area contributed by atoms with E-state index in [2.05, 4.69) is 21.2 Å². The van der Waals surface area contributed by atoms with Gasteiger partial charge in [-0.25, -0.2) is 0 Å². The van der Waals surface area contributed by atoms with E-state index in [0.717, 1.165) is 0 Å². The van der Waals surface area contributed by atoms with Gasteiger partial charge in [-0.15, -0.1) is 0 Å². The minimum Gasteiger partial charge on any atom is -0.493 e. The molecule has 1 aromatic rings. The molecule has 5 nitrogen and oxygen atoms in total. The SMILES string of the molecule is COc1cc(NC(=O)C(C)(C)C)c(Br)c(OC)c1OC. The molecule has 0 fully saturated rings. The first-order valence-corrected chi connectivity index (χ1v) is 6.85. The Morgan fingerprint density at radius 3 is 2.05 bits per heavy atom. The number of anilines is 1. The van der Waals surface area contributed by atoms with E-state index >= 15 is 0 Å². The Morgan fingerprint density at radius 1 is 1.10 bits per heavy atom. The number of rotatable bonds is 4. The summed E-state index contributed by atoms with van der Waals surface area (Å²) in [6, 6.07) is 1.69. The smallest absolute Gasteiger partial charge is 0.229 e. The van der Waals surface area contributed by atoms with Crippen LogP contribution in [0.2, 0.25) is 0 Å². The number of carbonyl (C=O) groups is 1. The lowest BCUT2D eigenvalue weighted by Crippen LogP contribution is -2.27. The highest BCUT2D eigenvalue weighted by atomic mass is 79.9. The van der Waals surface area contributed by atoms with Gasteiger partial charge in [0.15, 0.2) is 11.5 Å². The first-order chi connectivity index (χ1) is 9.26. The van der Waals surface area contributed by atoms with Gasteiger partial charge in [-0.2, -0.15) is 0 Å². The molecular formula is C14H20BrNO4. The highest BCUT2D eigenvalue weighted by molar-refractivity contribution is 9.10. The molecule has 0 heterocycles. The standard InChI is InChI=1S/C14H20BrNO4/c1-14(2,3)13(17)16-8-7-9(18-4)11(19-5)12(20-6)10(8)15/h7H,1-6H3,(H,16,17). The molecule has 20 heavy (non-hydrogen) atoms. The molecule has 0 aliphatic rings. The molecule has 112 valence electrons. The van der Waals surface area contributed by atoms with Gasteiger partial charge in [-0.3, -0.25) is 4.79 Å². The number of amides is 1. The molecule has 0 bridgehead atoms. The summed E-state index contributed by atoms with van der Waals surface area (Å²) in [7, 11) is 4.58. The molecule has 0 spiro atoms. The van der Waals surface area contributed by atoms with Crippen LogP contribution in [-0.4, -0.2) is 27.2 Å². The molecule has 0 aliphatic carbocycles. The molecule has 0 atom stereocenters. The third-order valence-electron chi connectivity index (χ3n) is 2.70. The monoisotopic (exact) mass is 345 g/mol. The lowest BCUT2D eigenvalue weighted by atomic mass is 9.95. The van der Waals surface area contributed by atoms with Crippen LogP contribution in [0.1, 0.15) is 20.8 Å². The Balaban J connectivity index is 3.31. The number of hydrogen-bond acceptors (Lipinski definition) is 4. The van der Waals surface area contributed by atoms with Gasteiger partial charge in [0.1, 0.15) is 0 Å². The zero-order valence-corrected chi connectivity index (χ0v) is 14.2. The predicted octanol–water partition coefficient (Wildman–Crippen LogP) is 3.46. The number of hydrogen-bond donors (Lipinski definition) is 1. The van der Waals surface area contributed by atoms with E-state index in [1.165, 1.54) is 21.3 Å². The molecule has 0 aliphatic heterocycles. The van der Waals surface area contributed by atoms with E-state index in [-0.39, 0.29) is 5.91 Å². The van der Waals surface area contributed by atoms with Crippen molar-refractivity contribution in [2.45, 2.75) is 20.8 Å². The lowest BCUT2D eigenvalue weighted by Gasteiger charge is -2.21. The summed E-state index contributed by atoms with van der Waals surface area (Å²) in [5, 5.41) is 2.85. The number of carbonyl (C=O) groups excluding carboxylic acids is 1. The maximum absolute atomic E-state index is 12.1. The Labute approximate surface area is 127 Å². The molecule has 0 unspecified atom stereocenters. The highest BCUT2D eigenvalue weighted by Crippen LogP contribution is 2.47. The quantitative estimate of drug-likeness (QED) is 0.907. The molecule has 1 aromatic carbocycles. The van der Waals surface area contributed by atoms with E-state index in [1.54, 1.807) is 6.07 Å². The van der Waals surface area contributed by atoms with Crippen LogP contribution < -0.4 is 19.5 Å². The lowest BCUT2D eigenvalue weighted by molar-refractivity contribution is -0.123. The van der Waals surface area contributed by atoms with Crippen molar-refractivity contribution in [3.05, 3.63) is 10.5 Å². The Bertz CT molecular complexity index is 509. The van der Waals surface area contributed by atoms with Crippen LogP contribution in [0.25, 0.3) is 0 Å². The molecule has 0 radical (unpaired) electrons. The van der Waals surface area contributed by atoms with Gasteiger partial charge in [0.25, 0.3) is 0 Å². The van der Waals surface area contributed by atoms with Gasteiger partial charge >= 0.3 is 0 Å². The van der Waals surface area contributed by atoms with Crippen molar-refractivity contribution in [3.63, 3.8) is 0 Å². The summed E-state index contributed by atoms with van der Waals surface area (Å²) in [6.45, 7) is 5.52. The largest absolute Gasteiger partial charge is 0.493 e. The summed E-state index contributed by atoms with van der Waals surface area (Å²) in [5.41, 5.74) is 0.0688. The summed E-state index contributed by atoms with van der Waals surface area (Å²) in [6.07, 6.45) is 0. The fourth-order valence-corrected chi connectivity index (χ4v) is 2.08. The fourth-order valence-electron chi connectivity index (χ4n) is 1.52. The third kappa shape index (κ3) is 3.36. The van der Waals surface area contributed by atoms with Gasteiger partial charge in [0, 0.05) is 11.5 Å². The van der Waals surface area contributed by atoms with Crippen LogP contribution in [0.5, 0.6) is 17.2 Å². The third-order valence-corrected chi connectivity index (χ3v) is 3.49. The van der Waals surface area contributed by atoms with Crippen LogP contribution in [-0.2, 0) is 4.79 Å². The molecule has 0 saturated carbocycles. The van der Waals surface area contributed by atoms with Gasteiger partial charge in [-0.1, -0.05) is 20.8 Å². The molecule has 1 N–H and O–H groups in total. The second-order valence-corrected chi connectivity index (χ2v) is 6.00. The minimum absolute atomic E-state index is 0.104. The fraction of sp³-hybridized carbons (Fsp3) is 0.500. The first-order valence-electron chi connectivity index (χ1n) is 6.06. The van der Waals surface area contributed by atoms with Crippen molar-refractivity contribution in [3.8, 4) is 17.2 Å². The summed E-state index contributed by atoms with van der Waals surface area (Å²) in [4.78, 5) is 12.1. The van der Waals surface area contributed by atoms with Crippen LogP contribution in [0, 0.1) is 5.41 Å². The zero-order chi connectivity index (χ0) is 15.5. The second kappa shape index (κ2) is 6.35. The van der Waals surface area contributed by atoms with Crippen molar-refractivity contribution in [2.24, 2.45) is 5.41 Å². The van der Waals surface area contributed by atoms with E-state index in [4.69, 9.17) is 14.2 Å². The molecule has 0 aromatic heterocycles. The maximum atomic E-state index is 12.1. The Hall–Kier alpha value is -1.43. The number of nitrogens with one attached hydrogen (secondary N) is 1. The maximum Gasteiger partial charge on any atom is 0.229 e. The van der Waals surface area contributed by atoms with Crippen molar-refractivity contribution < 1.29 is 19.0 Å². The van der Waals surface area contributed by atoms with Crippen LogP contribution in [0.15, 0.2) is 10.5 Å². The van der Waals surface area contributed by atoms with Crippen LogP contribution >= 0.6 is 15.9 Å². The van der Waals surface area contributed by atoms with Gasteiger partial charge in [0.05, 0.1) is 31.5 Å². The second-order valence-electron chi connectivity index (χ2n) is 5.21. The molecule has 1 amide bonds. The minimum atomic E-state index is -0.500. The number of methoxy groups -OCH3 is 3. The van der Waals surface area contributed by atoms with Crippen LogP contribution in [0.4, 0.5) is 5.69 Å². The summed E-state index contributed by atoms with van der Waals surface area (Å²) in [5.74, 6) is 1.32. The van der Waals surface area contributed by atoms with E-state index in [0.29, 0.717) is 27.4 Å². The predicted molar refractivity (Wildman–Crippen MR) is 81.9 cm³/mol. The molecule has 6 heteroatoms. The molecule has 0 saturated heterocycles. The highest BCUT2D eigenvalue weighted by Gasteiger charge is 2.25. The number of ether oxygens (including phenoxy) is 3. The van der Waals surface area contributed by atoms with Gasteiger partial charge < -0.3 is 19.5 Å². The first kappa shape index (κ1) is 16.6. The molecule has 1 rings (SSSR count). The van der Waals surface area contributed by atoms with E-state index in [9.17, 15) is 4.79 Å². The van der Waals surface area contributed by atoms with Gasteiger partial charge in [0.2, 0.25) is 11.7 Å². The Kier molecular flexibility index (Phi) is 5.28. The Morgan fingerprint density at radius 2 is 1.65 bits per heavy atom. The zero-order valence-electron chi connectivity index (χ0n) is 12.6. The van der Waals surface area contributed by atoms with Crippen molar-refractivity contribution in [1.82, 2.24) is 0 Å². The van der Waals surface area contributed by atoms with E-state index in [1.807, 2.05) is 20.8 Å². The van der Waals surface area contributed by atoms with Gasteiger partial charge in [-0.05, 0) is 15.9 Å². The van der Waals surface area contributed by atoms with Crippen LogP contribution in [0.3, 0.4) is 0 Å². The molecular weight excluding hydrogens is 326 g/mol. The summed E-state index contributed by atoms with van der Waals surface area (Å²) >= 11 is 3.42. The normalized spacial score (nSPS) is 10.9. The topological polar surface area (TPSA) is 56.8 Å². The van der Waals surface area contributed by atoms with Crippen molar-refractivity contribution >= 4 is 27.5 Å².